The predicted octanol–water partition coefficient (Wildman–Crippen LogP) is 2.11. The summed E-state index contributed by atoms with van der Waals surface area (Å²) in [5.41, 5.74) is 0. The molecule has 0 saturated heterocycles. The Morgan fingerprint density at radius 3 is 2.00 bits per heavy atom. The van der Waals surface area contributed by atoms with Gasteiger partial charge in [0.05, 0.1) is 0 Å². The normalized spacial score (nSPS) is 12.7. The molecule has 0 atom stereocenters. The standard InChI is InChI=1S/C4H7IO2/c1-3-4(2)5(6)7/h3H,1-2H3/b4-3+. The first-order chi connectivity index (χ1) is 3.18. The fraction of sp³-hybridized carbons (Fsp3) is 0.500. The van der Waals surface area contributed by atoms with Crippen molar-refractivity contribution < 1.29 is 6.14 Å². The first-order valence-corrected chi connectivity index (χ1v) is 4.70. The van der Waals surface area contributed by atoms with E-state index in [4.69, 9.17) is 0 Å². The molecule has 0 aromatic rings. The zero-order chi connectivity index (χ0) is 5.86. The average Bonchev–Trinajstić information content (AvgIpc) is 1.65. The first-order valence-electron chi connectivity index (χ1n) is 1.86. The van der Waals surface area contributed by atoms with Gasteiger partial charge < -0.3 is 0 Å². The Morgan fingerprint density at radius 1 is 1.57 bits per heavy atom. The van der Waals surface area contributed by atoms with Crippen LogP contribution in [0.4, 0.5) is 0 Å². The van der Waals surface area contributed by atoms with Gasteiger partial charge in [-0.2, -0.15) is 0 Å². The highest BCUT2D eigenvalue weighted by molar-refractivity contribution is 14.2. The summed E-state index contributed by atoms with van der Waals surface area (Å²) in [4.78, 5) is 0. The van der Waals surface area contributed by atoms with Crippen LogP contribution in [-0.2, 0) is 6.14 Å². The minimum atomic E-state index is -3.05. The molecule has 7 heavy (non-hydrogen) atoms. The van der Waals surface area contributed by atoms with Crippen molar-refractivity contribution in [3.63, 3.8) is 0 Å². The van der Waals surface area contributed by atoms with Crippen molar-refractivity contribution in [2.45, 2.75) is 13.8 Å². The van der Waals surface area contributed by atoms with Gasteiger partial charge in [-0.3, -0.25) is 0 Å². The van der Waals surface area contributed by atoms with E-state index >= 15 is 0 Å². The molecule has 0 rings (SSSR count). The van der Waals surface area contributed by atoms with Crippen molar-refractivity contribution in [3.8, 4) is 0 Å². The molecule has 0 N–H and O–H groups in total. The van der Waals surface area contributed by atoms with Crippen molar-refractivity contribution in [1.82, 2.24) is 0 Å². The third-order valence-corrected chi connectivity index (χ3v) is 2.65. The van der Waals surface area contributed by atoms with Crippen LogP contribution in [0.25, 0.3) is 0 Å². The van der Waals surface area contributed by atoms with Crippen LogP contribution in [-0.4, -0.2) is 0 Å². The smallest absolute Gasteiger partial charge is 0.230 e. The minimum absolute atomic E-state index is 0.518. The molecule has 2 nitrogen and oxygen atoms in total. The van der Waals surface area contributed by atoms with Crippen LogP contribution in [0.3, 0.4) is 0 Å². The van der Waals surface area contributed by atoms with Crippen molar-refractivity contribution in [2.24, 2.45) is 0 Å². The molecular formula is C4H7IO2. The molecule has 0 radical (unpaired) electrons. The SMILES string of the molecule is C/C=C(\C)I(=O)=O. The molecule has 0 aliphatic rings. The molecule has 0 aromatic heterocycles. The van der Waals surface area contributed by atoms with E-state index in [1.807, 2.05) is 0 Å². The van der Waals surface area contributed by atoms with E-state index < -0.39 is 19.8 Å². The summed E-state index contributed by atoms with van der Waals surface area (Å²) >= 11 is -3.05. The molecule has 42 valence electrons. The minimum Gasteiger partial charge on any atom is -0.230 e. The second-order valence-corrected chi connectivity index (χ2v) is 4.03. The first kappa shape index (κ1) is 7.07. The topological polar surface area (TPSA) is 34.1 Å². The highest BCUT2D eigenvalue weighted by Gasteiger charge is 1.87. The fourth-order valence-corrected chi connectivity index (χ4v) is 0.598. The Morgan fingerprint density at radius 2 is 2.00 bits per heavy atom. The van der Waals surface area contributed by atoms with E-state index in [1.165, 1.54) is 0 Å². The second kappa shape index (κ2) is 3.12. The molecule has 0 bridgehead atoms. The van der Waals surface area contributed by atoms with Gasteiger partial charge in [0.25, 0.3) is 0 Å². The van der Waals surface area contributed by atoms with Crippen molar-refractivity contribution in [3.05, 3.63) is 9.66 Å². The lowest BCUT2D eigenvalue weighted by Crippen LogP contribution is -1.51. The molecule has 0 aromatic carbocycles. The van der Waals surface area contributed by atoms with Gasteiger partial charge in [-0.15, -0.1) is 0 Å². The van der Waals surface area contributed by atoms with Gasteiger partial charge in [-0.05, 0) is 13.8 Å². The molecule has 0 amide bonds. The summed E-state index contributed by atoms with van der Waals surface area (Å²) < 4.78 is 20.5. The van der Waals surface area contributed by atoms with Crippen LogP contribution >= 0.6 is 19.8 Å². The summed E-state index contributed by atoms with van der Waals surface area (Å²) in [6.07, 6.45) is 1.60. The fourth-order valence-electron chi connectivity index (χ4n) is 0.0891. The van der Waals surface area contributed by atoms with Crippen molar-refractivity contribution >= 4 is 19.8 Å². The van der Waals surface area contributed by atoms with Crippen LogP contribution in [0.1, 0.15) is 13.8 Å². The van der Waals surface area contributed by atoms with Gasteiger partial charge in [0, 0.05) is 3.58 Å². The third-order valence-electron chi connectivity index (χ3n) is 0.641. The number of halogens is 1. The maximum absolute atomic E-state index is 9.99. The Hall–Kier alpha value is 0.0700. The van der Waals surface area contributed by atoms with Gasteiger partial charge in [0.1, 0.15) is 0 Å². The van der Waals surface area contributed by atoms with Gasteiger partial charge in [0.2, 0.25) is 0 Å². The molecule has 0 unspecified atom stereocenters. The summed E-state index contributed by atoms with van der Waals surface area (Å²) in [5.74, 6) is 0. The van der Waals surface area contributed by atoms with Gasteiger partial charge in [-0.25, -0.2) is 6.14 Å². The van der Waals surface area contributed by atoms with E-state index in [0.717, 1.165) is 0 Å². The number of hydrogen-bond donors (Lipinski definition) is 0. The molecule has 0 aliphatic heterocycles. The zero-order valence-corrected chi connectivity index (χ0v) is 6.43. The van der Waals surface area contributed by atoms with Crippen molar-refractivity contribution in [1.29, 1.82) is 0 Å². The van der Waals surface area contributed by atoms with E-state index in [1.54, 1.807) is 19.9 Å². The molecular weight excluding hydrogens is 207 g/mol. The lowest BCUT2D eigenvalue weighted by molar-refractivity contribution is 0.610. The molecule has 0 spiro atoms. The number of allylic oxidation sites excluding steroid dienone is 2. The third kappa shape index (κ3) is 2.73. The van der Waals surface area contributed by atoms with Crippen LogP contribution in [0.5, 0.6) is 0 Å². The predicted molar refractivity (Wildman–Crippen MR) is 34.8 cm³/mol. The lowest BCUT2D eigenvalue weighted by atomic mass is 10.6. The van der Waals surface area contributed by atoms with Gasteiger partial charge >= 0.3 is 19.8 Å². The molecule has 0 heterocycles. The maximum Gasteiger partial charge on any atom is 0.336 e. The van der Waals surface area contributed by atoms with E-state index in [-0.39, 0.29) is 0 Å². The summed E-state index contributed by atoms with van der Waals surface area (Å²) in [5, 5.41) is 0. The van der Waals surface area contributed by atoms with Gasteiger partial charge in [-0.1, -0.05) is 6.08 Å². The average molecular weight is 214 g/mol. The van der Waals surface area contributed by atoms with Crippen LogP contribution in [0.15, 0.2) is 9.66 Å². The quantitative estimate of drug-likeness (QED) is 0.626. The Balaban J connectivity index is 4.10. The van der Waals surface area contributed by atoms with E-state index in [0.29, 0.717) is 3.58 Å². The summed E-state index contributed by atoms with van der Waals surface area (Å²) in [6, 6.07) is 0. The monoisotopic (exact) mass is 214 g/mol. The molecule has 0 saturated carbocycles. The Labute approximate surface area is 49.8 Å². The van der Waals surface area contributed by atoms with Crippen LogP contribution < -0.4 is 0 Å². The largest absolute Gasteiger partial charge is 0.336 e. The van der Waals surface area contributed by atoms with Crippen LogP contribution in [0.2, 0.25) is 0 Å². The van der Waals surface area contributed by atoms with Crippen LogP contribution in [0, 0.1) is 0 Å². The van der Waals surface area contributed by atoms with E-state index in [9.17, 15) is 6.14 Å². The van der Waals surface area contributed by atoms with Crippen molar-refractivity contribution in [2.75, 3.05) is 0 Å². The number of hydrogen-bond acceptors (Lipinski definition) is 2. The van der Waals surface area contributed by atoms with E-state index in [2.05, 4.69) is 0 Å². The summed E-state index contributed by atoms with van der Waals surface area (Å²) in [6.45, 7) is 3.32. The molecule has 0 fully saturated rings. The maximum atomic E-state index is 9.99. The highest BCUT2D eigenvalue weighted by Crippen LogP contribution is 2.17. The second-order valence-electron chi connectivity index (χ2n) is 1.09. The number of rotatable bonds is 1. The summed E-state index contributed by atoms with van der Waals surface area (Å²) in [7, 11) is 0. The highest BCUT2D eigenvalue weighted by atomic mass is 127. The van der Waals surface area contributed by atoms with Gasteiger partial charge in [0.15, 0.2) is 0 Å². The Kier molecular flexibility index (Phi) is 3.15. The zero-order valence-electron chi connectivity index (χ0n) is 4.27. The Bertz CT molecular complexity index is 136. The molecule has 0 aliphatic carbocycles. The molecule has 3 heteroatoms. The lowest BCUT2D eigenvalue weighted by Gasteiger charge is -1.73.